The van der Waals surface area contributed by atoms with Crippen LogP contribution in [0.5, 0.6) is 0 Å². The van der Waals surface area contributed by atoms with Crippen LogP contribution in [0, 0.1) is 0 Å². The van der Waals surface area contributed by atoms with E-state index in [4.69, 9.17) is 0 Å². The van der Waals surface area contributed by atoms with Gasteiger partial charge >= 0.3 is 6.85 Å². The molecule has 0 saturated carbocycles. The molecule has 0 amide bonds. The van der Waals surface area contributed by atoms with Crippen LogP contribution in [0.3, 0.4) is 0 Å². The third kappa shape index (κ3) is 6.28. The molecule has 0 unspecified atom stereocenters. The molecule has 8 aromatic rings. The van der Waals surface area contributed by atoms with Crippen LogP contribution in [-0.4, -0.2) is 11.4 Å². The Hall–Kier alpha value is -5.54. The first kappa shape index (κ1) is 43.7. The Morgan fingerprint density at radius 1 is 0.559 bits per heavy atom. The quantitative estimate of drug-likeness (QED) is 0.104. The van der Waals surface area contributed by atoms with E-state index in [1.807, 2.05) is 0 Å². The van der Waals surface area contributed by atoms with E-state index >= 15 is 0 Å². The summed E-state index contributed by atoms with van der Waals surface area (Å²) in [5.41, 5.74) is 25.5. The van der Waals surface area contributed by atoms with Crippen molar-refractivity contribution in [2.24, 2.45) is 0 Å². The average molecular weight is 891 g/mol. The van der Waals surface area contributed by atoms with Gasteiger partial charge in [-0.15, -0.1) is 0 Å². The molecule has 7 aromatic carbocycles. The predicted octanol–water partition coefficient (Wildman–Crippen LogP) is 16.6. The lowest BCUT2D eigenvalue weighted by Gasteiger charge is -2.43. The second kappa shape index (κ2) is 15.2. The predicted molar refractivity (Wildman–Crippen MR) is 295 cm³/mol. The van der Waals surface area contributed by atoms with E-state index in [2.05, 4.69) is 195 Å². The summed E-state index contributed by atoms with van der Waals surface area (Å²) in [6.45, 7) is 26.6. The summed E-state index contributed by atoms with van der Waals surface area (Å²) in [4.78, 5) is 2.80. The Morgan fingerprint density at radius 3 is 1.87 bits per heavy atom. The van der Waals surface area contributed by atoms with Crippen molar-refractivity contribution in [2.75, 3.05) is 4.81 Å². The van der Waals surface area contributed by atoms with Gasteiger partial charge in [0, 0.05) is 38.8 Å². The van der Waals surface area contributed by atoms with Crippen LogP contribution in [0.15, 0.2) is 109 Å². The van der Waals surface area contributed by atoms with E-state index in [-0.39, 0.29) is 28.5 Å². The summed E-state index contributed by atoms with van der Waals surface area (Å²) in [5, 5.41) is 5.47. The van der Waals surface area contributed by atoms with Gasteiger partial charge in [0.05, 0.1) is 11.0 Å². The number of hydrogen-bond acceptors (Lipinski definition) is 1. The number of aryl methyl sites for hydroxylation is 2. The number of hydrogen-bond donors (Lipinski definition) is 0. The molecule has 2 aliphatic carbocycles. The number of unbranched alkanes of at least 4 members (excludes halogenated alkanes) is 4. The van der Waals surface area contributed by atoms with E-state index in [1.165, 1.54) is 162 Å². The van der Waals surface area contributed by atoms with Crippen molar-refractivity contribution in [1.82, 2.24) is 4.57 Å². The van der Waals surface area contributed by atoms with Gasteiger partial charge in [-0.25, -0.2) is 0 Å². The summed E-state index contributed by atoms with van der Waals surface area (Å²) < 4.78 is 2.69. The summed E-state index contributed by atoms with van der Waals surface area (Å²) in [6.07, 6.45) is 12.1. The fraction of sp³-hybridized carbons (Fsp3) is 0.385. The van der Waals surface area contributed by atoms with E-state index in [0.717, 1.165) is 12.8 Å². The summed E-state index contributed by atoms with van der Waals surface area (Å²) in [6, 6.07) is 44.8. The van der Waals surface area contributed by atoms with Crippen LogP contribution >= 0.6 is 0 Å². The molecular weight excluding hydrogens is 820 g/mol. The van der Waals surface area contributed by atoms with Crippen LogP contribution in [-0.2, 0) is 34.5 Å². The van der Waals surface area contributed by atoms with Gasteiger partial charge in [-0.3, -0.25) is 0 Å². The lowest BCUT2D eigenvalue weighted by Crippen LogP contribution is -2.60. The van der Waals surface area contributed by atoms with E-state index in [9.17, 15) is 0 Å². The van der Waals surface area contributed by atoms with E-state index < -0.39 is 0 Å². The molecule has 1 aromatic heterocycles. The zero-order valence-corrected chi connectivity index (χ0v) is 42.9. The lowest BCUT2D eigenvalue weighted by molar-refractivity contribution is 0.331. The Kier molecular flexibility index (Phi) is 9.79. The second-order valence-corrected chi connectivity index (χ2v) is 24.4. The van der Waals surface area contributed by atoms with Gasteiger partial charge in [-0.2, -0.15) is 0 Å². The number of aromatic nitrogens is 1. The molecule has 0 N–H and O–H groups in total. The second-order valence-electron chi connectivity index (χ2n) is 24.4. The first-order valence-electron chi connectivity index (χ1n) is 26.5. The molecule has 0 fully saturated rings. The minimum Gasteiger partial charge on any atom is -0.376 e. The maximum Gasteiger partial charge on any atom is 0.333 e. The number of nitrogens with zero attached hydrogens (tertiary/aromatic N) is 2. The van der Waals surface area contributed by atoms with Crippen molar-refractivity contribution in [3.05, 3.63) is 148 Å². The molecule has 2 nitrogen and oxygen atoms in total. The zero-order valence-electron chi connectivity index (χ0n) is 42.9. The third-order valence-corrected chi connectivity index (χ3v) is 17.6. The molecule has 0 atom stereocenters. The topological polar surface area (TPSA) is 8.17 Å². The summed E-state index contributed by atoms with van der Waals surface area (Å²) in [5.74, 6) is 0. The monoisotopic (exact) mass is 891 g/mol. The number of rotatable bonds is 9. The zero-order chi connectivity index (χ0) is 47.2. The van der Waals surface area contributed by atoms with Gasteiger partial charge in [0.2, 0.25) is 0 Å². The van der Waals surface area contributed by atoms with Gasteiger partial charge < -0.3 is 9.38 Å². The van der Waals surface area contributed by atoms with Crippen LogP contribution in [0.25, 0.3) is 60.5 Å². The molecule has 344 valence electrons. The summed E-state index contributed by atoms with van der Waals surface area (Å²) >= 11 is 0. The highest BCUT2D eigenvalue weighted by Gasteiger charge is 2.48. The SMILES string of the molecule is CCCCCc1ccc(N2B3c4cc(CCCCC)ccc4-n4c5ccc(C(C)(C)C)cc5c5c6ccccc6c(c3c54)-c3cc4c(cc32)-c2cc3c(cc2C4(C)C)C(C)(C)CCC3(C)C)cc1. The van der Waals surface area contributed by atoms with Gasteiger partial charge in [-0.05, 0) is 181 Å². The van der Waals surface area contributed by atoms with Gasteiger partial charge in [-0.1, -0.05) is 163 Å². The van der Waals surface area contributed by atoms with Crippen molar-refractivity contribution in [1.29, 1.82) is 0 Å². The molecule has 0 spiro atoms. The first-order chi connectivity index (χ1) is 32.5. The maximum absolute atomic E-state index is 2.80. The molecule has 3 heteroatoms. The van der Waals surface area contributed by atoms with Crippen molar-refractivity contribution in [3.8, 4) is 27.9 Å². The number of benzene rings is 7. The molecule has 0 radical (unpaired) electrons. The third-order valence-electron chi connectivity index (χ3n) is 17.6. The Morgan fingerprint density at radius 2 is 1.18 bits per heavy atom. The van der Waals surface area contributed by atoms with Crippen molar-refractivity contribution in [3.63, 3.8) is 0 Å². The lowest BCUT2D eigenvalue weighted by atomic mass is 9.43. The fourth-order valence-corrected chi connectivity index (χ4v) is 13.5. The molecule has 2 aliphatic heterocycles. The van der Waals surface area contributed by atoms with E-state index in [1.54, 1.807) is 11.1 Å². The average Bonchev–Trinajstić information content (AvgIpc) is 3.77. The normalized spacial score (nSPS) is 16.8. The fourth-order valence-electron chi connectivity index (χ4n) is 13.5. The highest BCUT2D eigenvalue weighted by atomic mass is 15.1. The highest BCUT2D eigenvalue weighted by molar-refractivity contribution is 6.94. The molecule has 12 rings (SSSR count). The molecule has 0 bridgehead atoms. The van der Waals surface area contributed by atoms with Crippen molar-refractivity contribution in [2.45, 2.75) is 162 Å². The van der Waals surface area contributed by atoms with Crippen LogP contribution in [0.2, 0.25) is 0 Å². The molecule has 68 heavy (non-hydrogen) atoms. The van der Waals surface area contributed by atoms with Crippen molar-refractivity contribution >= 4 is 61.7 Å². The molecule has 0 saturated heterocycles. The van der Waals surface area contributed by atoms with Crippen LogP contribution < -0.4 is 15.7 Å². The Labute approximate surface area is 407 Å². The van der Waals surface area contributed by atoms with Gasteiger partial charge in [0.15, 0.2) is 0 Å². The largest absolute Gasteiger partial charge is 0.376 e. The molecule has 3 heterocycles. The van der Waals surface area contributed by atoms with Crippen LogP contribution in [0.4, 0.5) is 11.4 Å². The number of anilines is 2. The Balaban J connectivity index is 1.22. The smallest absolute Gasteiger partial charge is 0.333 e. The maximum atomic E-state index is 2.80. The highest BCUT2D eigenvalue weighted by Crippen LogP contribution is 2.58. The Bertz CT molecular complexity index is 3380. The number of fused-ring (bicyclic) bond motifs is 15. The first-order valence-corrected chi connectivity index (χ1v) is 26.5. The van der Waals surface area contributed by atoms with E-state index in [0.29, 0.717) is 0 Å². The van der Waals surface area contributed by atoms with Crippen LogP contribution in [0.1, 0.15) is 166 Å². The standard InChI is InChI=1S/C65H71BN2/c1-12-14-16-20-40-24-28-43(29-25-40)68-57-38-47-46-36-52-53(64(8,9)33-32-63(52,6)7)39-51(46)65(10,11)50(47)37-49(57)58-44-22-18-19-23-45(44)59-48-35-42(62(3,4)5)27-31-55(48)67-56-30-26-41(21-17-15-13-2)34-54(56)66(68)60(58)61(59)67/h18-19,22-31,34-39H,12-17,20-21,32-33H2,1-11H3. The molecular formula is C65H71BN2. The minimum atomic E-state index is -0.163. The minimum absolute atomic E-state index is 0.0224. The molecule has 4 aliphatic rings. The van der Waals surface area contributed by atoms with Crippen molar-refractivity contribution < 1.29 is 0 Å². The van der Waals surface area contributed by atoms with Gasteiger partial charge in [0.25, 0.3) is 0 Å². The summed E-state index contributed by atoms with van der Waals surface area (Å²) in [7, 11) is 0. The van der Waals surface area contributed by atoms with Gasteiger partial charge in [0.1, 0.15) is 0 Å².